The molecule has 1 amide bonds. The third kappa shape index (κ3) is 5.86. The minimum Gasteiger partial charge on any atom is -0.357 e. The number of hydrogen-bond acceptors (Lipinski definition) is 4. The number of nitrogens with zero attached hydrogens (tertiary/aromatic N) is 3. The van der Waals surface area contributed by atoms with Gasteiger partial charge in [-0.3, -0.25) is 4.79 Å². The van der Waals surface area contributed by atoms with E-state index in [-0.39, 0.29) is 30.3 Å². The van der Waals surface area contributed by atoms with Gasteiger partial charge in [0.1, 0.15) is 5.82 Å². The van der Waals surface area contributed by atoms with E-state index in [1.54, 1.807) is 0 Å². The third-order valence-corrected chi connectivity index (χ3v) is 5.30. The zero-order valence-electron chi connectivity index (χ0n) is 15.7. The number of likely N-dealkylation sites (N-methyl/N-ethyl adjacent to an activating group) is 1. The second-order valence-corrected chi connectivity index (χ2v) is 6.91. The van der Waals surface area contributed by atoms with Gasteiger partial charge < -0.3 is 15.5 Å². The summed E-state index contributed by atoms with van der Waals surface area (Å²) in [5, 5.41) is 0. The smallest absolute Gasteiger partial charge is 0.239 e. The SMILES string of the molecule is CCC(C)C(N)C(=O)N(CC)CC1CCN(c2ccccn2)CC1.Cl. The van der Waals surface area contributed by atoms with E-state index >= 15 is 0 Å². The van der Waals surface area contributed by atoms with Crippen LogP contribution in [0, 0.1) is 11.8 Å². The first-order chi connectivity index (χ1) is 11.6. The number of carbonyl (C=O) groups is 1. The van der Waals surface area contributed by atoms with Crippen molar-refractivity contribution in [3.63, 3.8) is 0 Å². The van der Waals surface area contributed by atoms with E-state index in [0.717, 1.165) is 51.3 Å². The highest BCUT2D eigenvalue weighted by atomic mass is 35.5. The van der Waals surface area contributed by atoms with Crippen molar-refractivity contribution in [2.24, 2.45) is 17.6 Å². The summed E-state index contributed by atoms with van der Waals surface area (Å²) in [6.45, 7) is 9.77. The fourth-order valence-electron chi connectivity index (χ4n) is 3.28. The van der Waals surface area contributed by atoms with Gasteiger partial charge in [0, 0.05) is 32.4 Å². The van der Waals surface area contributed by atoms with Crippen molar-refractivity contribution in [3.8, 4) is 0 Å². The summed E-state index contributed by atoms with van der Waals surface area (Å²) in [7, 11) is 0. The molecule has 2 heterocycles. The average Bonchev–Trinajstić information content (AvgIpc) is 2.65. The fraction of sp³-hybridized carbons (Fsp3) is 0.684. The van der Waals surface area contributed by atoms with Crippen LogP contribution in [0.3, 0.4) is 0 Å². The van der Waals surface area contributed by atoms with Crippen LogP contribution in [-0.4, -0.2) is 48.0 Å². The molecule has 0 aromatic carbocycles. The lowest BCUT2D eigenvalue weighted by molar-refractivity contribution is -0.134. The molecule has 2 rings (SSSR count). The predicted octanol–water partition coefficient (Wildman–Crippen LogP) is 2.94. The van der Waals surface area contributed by atoms with Crippen molar-refractivity contribution >= 4 is 24.1 Å². The first-order valence-corrected chi connectivity index (χ1v) is 9.27. The van der Waals surface area contributed by atoms with Crippen LogP contribution in [0.2, 0.25) is 0 Å². The Labute approximate surface area is 158 Å². The number of pyridine rings is 1. The molecule has 0 spiro atoms. The maximum Gasteiger partial charge on any atom is 0.239 e. The van der Waals surface area contributed by atoms with E-state index in [4.69, 9.17) is 5.73 Å². The molecule has 1 saturated heterocycles. The molecular weight excluding hydrogens is 336 g/mol. The van der Waals surface area contributed by atoms with Gasteiger partial charge >= 0.3 is 0 Å². The van der Waals surface area contributed by atoms with Gasteiger partial charge in [-0.1, -0.05) is 26.3 Å². The molecule has 0 saturated carbocycles. The standard InChI is InChI=1S/C19H32N4O.ClH/c1-4-15(3)18(20)19(24)22(5-2)14-16-9-12-23(13-10-16)17-8-6-7-11-21-17;/h6-8,11,15-16,18H,4-5,9-10,12-14,20H2,1-3H3;1H. The molecule has 25 heavy (non-hydrogen) atoms. The number of rotatable bonds is 7. The highest BCUT2D eigenvalue weighted by molar-refractivity contribution is 5.85. The molecule has 0 radical (unpaired) electrons. The number of amides is 1. The number of nitrogens with two attached hydrogens (primary N) is 1. The van der Waals surface area contributed by atoms with E-state index in [2.05, 4.69) is 29.8 Å². The van der Waals surface area contributed by atoms with Crippen LogP contribution in [-0.2, 0) is 4.79 Å². The Morgan fingerprint density at radius 3 is 2.56 bits per heavy atom. The summed E-state index contributed by atoms with van der Waals surface area (Å²) in [6.07, 6.45) is 4.97. The van der Waals surface area contributed by atoms with Crippen LogP contribution < -0.4 is 10.6 Å². The predicted molar refractivity (Wildman–Crippen MR) is 106 cm³/mol. The highest BCUT2D eigenvalue weighted by Gasteiger charge is 2.27. The zero-order chi connectivity index (χ0) is 17.5. The van der Waals surface area contributed by atoms with Crippen molar-refractivity contribution in [1.29, 1.82) is 0 Å². The Morgan fingerprint density at radius 1 is 1.36 bits per heavy atom. The summed E-state index contributed by atoms with van der Waals surface area (Å²) in [5.41, 5.74) is 6.14. The van der Waals surface area contributed by atoms with Gasteiger partial charge in [-0.05, 0) is 43.7 Å². The van der Waals surface area contributed by atoms with Crippen LogP contribution in [0.25, 0.3) is 0 Å². The molecule has 1 aliphatic heterocycles. The third-order valence-electron chi connectivity index (χ3n) is 5.30. The molecule has 1 fully saturated rings. The summed E-state index contributed by atoms with van der Waals surface area (Å²) < 4.78 is 0. The molecule has 5 nitrogen and oxygen atoms in total. The molecule has 1 aromatic rings. The molecule has 2 N–H and O–H groups in total. The molecule has 1 aromatic heterocycles. The number of piperidine rings is 1. The number of halogens is 1. The second-order valence-electron chi connectivity index (χ2n) is 6.91. The van der Waals surface area contributed by atoms with Crippen molar-refractivity contribution in [1.82, 2.24) is 9.88 Å². The lowest BCUT2D eigenvalue weighted by Crippen LogP contribution is -2.49. The maximum absolute atomic E-state index is 12.6. The summed E-state index contributed by atoms with van der Waals surface area (Å²) in [4.78, 5) is 21.3. The topological polar surface area (TPSA) is 62.5 Å². The lowest BCUT2D eigenvalue weighted by Gasteiger charge is -2.36. The molecular formula is C19H33ClN4O. The van der Waals surface area contributed by atoms with E-state index in [9.17, 15) is 4.79 Å². The first-order valence-electron chi connectivity index (χ1n) is 9.27. The van der Waals surface area contributed by atoms with Gasteiger partial charge in [-0.2, -0.15) is 0 Å². The van der Waals surface area contributed by atoms with Crippen LogP contribution in [0.15, 0.2) is 24.4 Å². The van der Waals surface area contributed by atoms with Gasteiger partial charge in [-0.25, -0.2) is 4.98 Å². The number of anilines is 1. The molecule has 0 aliphatic carbocycles. The molecule has 0 bridgehead atoms. The summed E-state index contributed by atoms with van der Waals surface area (Å²) in [5.74, 6) is 1.95. The van der Waals surface area contributed by atoms with Crippen LogP contribution in [0.4, 0.5) is 5.82 Å². The van der Waals surface area contributed by atoms with Gasteiger partial charge in [0.25, 0.3) is 0 Å². The maximum atomic E-state index is 12.6. The number of aromatic nitrogens is 1. The van der Waals surface area contributed by atoms with Crippen LogP contribution in [0.1, 0.15) is 40.0 Å². The van der Waals surface area contributed by atoms with Gasteiger partial charge in [0.2, 0.25) is 5.91 Å². The Morgan fingerprint density at radius 2 is 2.04 bits per heavy atom. The van der Waals surface area contributed by atoms with E-state index in [1.165, 1.54) is 0 Å². The quantitative estimate of drug-likeness (QED) is 0.803. The number of hydrogen-bond donors (Lipinski definition) is 1. The normalized spacial score (nSPS) is 17.5. The Hall–Kier alpha value is -1.33. The Kier molecular flexibility index (Phi) is 9.22. The molecule has 6 heteroatoms. The van der Waals surface area contributed by atoms with Crippen molar-refractivity contribution in [3.05, 3.63) is 24.4 Å². The minimum absolute atomic E-state index is 0. The van der Waals surface area contributed by atoms with Crippen molar-refractivity contribution < 1.29 is 4.79 Å². The zero-order valence-corrected chi connectivity index (χ0v) is 16.5. The second kappa shape index (κ2) is 10.6. The van der Waals surface area contributed by atoms with Gasteiger partial charge in [-0.15, -0.1) is 12.4 Å². The lowest BCUT2D eigenvalue weighted by atomic mass is 9.94. The van der Waals surface area contributed by atoms with Crippen LogP contribution >= 0.6 is 12.4 Å². The summed E-state index contributed by atoms with van der Waals surface area (Å²) in [6, 6.07) is 5.67. The fourth-order valence-corrected chi connectivity index (χ4v) is 3.28. The van der Waals surface area contributed by atoms with Crippen LogP contribution in [0.5, 0.6) is 0 Å². The first kappa shape index (κ1) is 21.7. The molecule has 2 atom stereocenters. The summed E-state index contributed by atoms with van der Waals surface area (Å²) >= 11 is 0. The van der Waals surface area contributed by atoms with E-state index in [1.807, 2.05) is 30.2 Å². The molecule has 142 valence electrons. The van der Waals surface area contributed by atoms with E-state index < -0.39 is 0 Å². The highest BCUT2D eigenvalue weighted by Crippen LogP contribution is 2.23. The Bertz CT molecular complexity index is 505. The molecule has 1 aliphatic rings. The number of carbonyl (C=O) groups excluding carboxylic acids is 1. The Balaban J connectivity index is 0.00000312. The van der Waals surface area contributed by atoms with Crippen molar-refractivity contribution in [2.45, 2.75) is 46.1 Å². The molecule has 2 unspecified atom stereocenters. The largest absolute Gasteiger partial charge is 0.357 e. The minimum atomic E-state index is -0.372. The average molecular weight is 369 g/mol. The van der Waals surface area contributed by atoms with Gasteiger partial charge in [0.05, 0.1) is 6.04 Å². The van der Waals surface area contributed by atoms with Gasteiger partial charge in [0.15, 0.2) is 0 Å². The van der Waals surface area contributed by atoms with E-state index in [0.29, 0.717) is 5.92 Å². The van der Waals surface area contributed by atoms with Crippen molar-refractivity contribution in [2.75, 3.05) is 31.1 Å². The monoisotopic (exact) mass is 368 g/mol.